The number of benzene rings is 1. The lowest BCUT2D eigenvalue weighted by atomic mass is 9.87. The average molecular weight is 235 g/mol. The first-order chi connectivity index (χ1) is 8.22. The van der Waals surface area contributed by atoms with Crippen molar-refractivity contribution in [2.45, 2.75) is 24.5 Å². The Kier molecular flexibility index (Phi) is 2.49. The molecule has 92 valence electrons. The lowest BCUT2D eigenvalue weighted by Gasteiger charge is -2.37. The van der Waals surface area contributed by atoms with Gasteiger partial charge in [-0.1, -0.05) is 0 Å². The standard InChI is InChI=1S/C13H17NO3/c1-15-9-2-3-12-10(6-9)11(14)7-13(17-12)4-5-16-8-13/h2-3,6,11H,4-5,7-8,14H2,1H3/t11-,13?/m1/s1. The summed E-state index contributed by atoms with van der Waals surface area (Å²) in [6.07, 6.45) is 1.74. The fourth-order valence-corrected chi connectivity index (χ4v) is 2.65. The van der Waals surface area contributed by atoms with Crippen molar-refractivity contribution in [1.29, 1.82) is 0 Å². The third kappa shape index (κ3) is 1.77. The molecule has 4 heteroatoms. The highest BCUT2D eigenvalue weighted by Crippen LogP contribution is 2.43. The van der Waals surface area contributed by atoms with Crippen molar-refractivity contribution in [3.63, 3.8) is 0 Å². The van der Waals surface area contributed by atoms with Crippen molar-refractivity contribution in [2.75, 3.05) is 20.3 Å². The van der Waals surface area contributed by atoms with Crippen molar-refractivity contribution in [2.24, 2.45) is 5.73 Å². The minimum atomic E-state index is -0.207. The SMILES string of the molecule is COc1ccc2c(c1)[C@H](N)CC1(CCOC1)O2. The van der Waals surface area contributed by atoms with E-state index in [2.05, 4.69) is 0 Å². The minimum absolute atomic E-state index is 0.00412. The molecule has 0 aromatic heterocycles. The molecule has 0 bridgehead atoms. The van der Waals surface area contributed by atoms with Gasteiger partial charge in [0.05, 0.1) is 20.3 Å². The Bertz CT molecular complexity index is 427. The van der Waals surface area contributed by atoms with Crippen LogP contribution in [0.1, 0.15) is 24.4 Å². The summed E-state index contributed by atoms with van der Waals surface area (Å²) in [6, 6.07) is 5.80. The third-order valence-corrected chi connectivity index (χ3v) is 3.60. The van der Waals surface area contributed by atoms with E-state index < -0.39 is 0 Å². The van der Waals surface area contributed by atoms with Crippen LogP contribution in [0, 0.1) is 0 Å². The highest BCUT2D eigenvalue weighted by molar-refractivity contribution is 5.44. The Labute approximate surface area is 101 Å². The predicted octanol–water partition coefficient (Wildman–Crippen LogP) is 1.64. The van der Waals surface area contributed by atoms with Gasteiger partial charge in [-0.2, -0.15) is 0 Å². The molecule has 1 aromatic rings. The molecule has 0 aliphatic carbocycles. The Morgan fingerprint density at radius 1 is 1.47 bits per heavy atom. The monoisotopic (exact) mass is 235 g/mol. The van der Waals surface area contributed by atoms with E-state index in [0.29, 0.717) is 6.61 Å². The van der Waals surface area contributed by atoms with Crippen LogP contribution in [0.5, 0.6) is 11.5 Å². The summed E-state index contributed by atoms with van der Waals surface area (Å²) in [5, 5.41) is 0. The molecule has 2 aliphatic heterocycles. The number of fused-ring (bicyclic) bond motifs is 1. The first-order valence-corrected chi connectivity index (χ1v) is 5.93. The topological polar surface area (TPSA) is 53.7 Å². The highest BCUT2D eigenvalue weighted by atomic mass is 16.6. The lowest BCUT2D eigenvalue weighted by molar-refractivity contribution is 0.0234. The van der Waals surface area contributed by atoms with Gasteiger partial charge >= 0.3 is 0 Å². The molecule has 2 N–H and O–H groups in total. The molecular formula is C13H17NO3. The lowest BCUT2D eigenvalue weighted by Crippen LogP contribution is -2.43. The molecule has 17 heavy (non-hydrogen) atoms. The Balaban J connectivity index is 1.96. The molecule has 1 spiro atoms. The maximum absolute atomic E-state index is 6.23. The van der Waals surface area contributed by atoms with Gasteiger partial charge in [0.1, 0.15) is 17.1 Å². The van der Waals surface area contributed by atoms with Crippen molar-refractivity contribution in [3.05, 3.63) is 23.8 Å². The number of hydrogen-bond acceptors (Lipinski definition) is 4. The largest absolute Gasteiger partial charge is 0.497 e. The quantitative estimate of drug-likeness (QED) is 0.804. The molecule has 2 aliphatic rings. The summed E-state index contributed by atoms with van der Waals surface area (Å²) in [6.45, 7) is 1.41. The minimum Gasteiger partial charge on any atom is -0.497 e. The van der Waals surface area contributed by atoms with E-state index in [-0.39, 0.29) is 11.6 Å². The summed E-state index contributed by atoms with van der Waals surface area (Å²) in [4.78, 5) is 0. The van der Waals surface area contributed by atoms with E-state index in [0.717, 1.165) is 36.5 Å². The van der Waals surface area contributed by atoms with Crippen LogP contribution in [-0.4, -0.2) is 25.9 Å². The summed E-state index contributed by atoms with van der Waals surface area (Å²) in [7, 11) is 1.66. The third-order valence-electron chi connectivity index (χ3n) is 3.60. The van der Waals surface area contributed by atoms with Gasteiger partial charge in [0.2, 0.25) is 0 Å². The molecule has 1 aromatic carbocycles. The molecule has 2 heterocycles. The van der Waals surface area contributed by atoms with Crippen LogP contribution in [0.4, 0.5) is 0 Å². The van der Waals surface area contributed by atoms with Crippen LogP contribution < -0.4 is 15.2 Å². The van der Waals surface area contributed by atoms with Gasteiger partial charge in [0.15, 0.2) is 0 Å². The average Bonchev–Trinajstić information content (AvgIpc) is 2.77. The van der Waals surface area contributed by atoms with Crippen molar-refractivity contribution in [3.8, 4) is 11.5 Å². The molecule has 4 nitrogen and oxygen atoms in total. The van der Waals surface area contributed by atoms with Crippen LogP contribution in [0.2, 0.25) is 0 Å². The van der Waals surface area contributed by atoms with E-state index in [1.165, 1.54) is 0 Å². The molecule has 2 atom stereocenters. The Hall–Kier alpha value is -1.26. The van der Waals surface area contributed by atoms with Crippen LogP contribution in [0.15, 0.2) is 18.2 Å². The molecule has 0 saturated carbocycles. The predicted molar refractivity (Wildman–Crippen MR) is 63.3 cm³/mol. The molecule has 1 fully saturated rings. The van der Waals surface area contributed by atoms with Crippen molar-refractivity contribution in [1.82, 2.24) is 0 Å². The van der Waals surface area contributed by atoms with Crippen LogP contribution >= 0.6 is 0 Å². The summed E-state index contributed by atoms with van der Waals surface area (Å²) in [5.74, 6) is 1.69. The fourth-order valence-electron chi connectivity index (χ4n) is 2.65. The first-order valence-electron chi connectivity index (χ1n) is 5.93. The van der Waals surface area contributed by atoms with Gasteiger partial charge in [-0.15, -0.1) is 0 Å². The summed E-state index contributed by atoms with van der Waals surface area (Å²) in [5.41, 5.74) is 7.06. The molecular weight excluding hydrogens is 218 g/mol. The van der Waals surface area contributed by atoms with Gasteiger partial charge in [-0.25, -0.2) is 0 Å². The van der Waals surface area contributed by atoms with Gasteiger partial charge in [-0.3, -0.25) is 0 Å². The molecule has 0 amide bonds. The molecule has 3 rings (SSSR count). The zero-order valence-electron chi connectivity index (χ0n) is 9.94. The first kappa shape index (κ1) is 10.9. The van der Waals surface area contributed by atoms with Crippen LogP contribution in [0.25, 0.3) is 0 Å². The summed E-state index contributed by atoms with van der Waals surface area (Å²) >= 11 is 0. The number of nitrogens with two attached hydrogens (primary N) is 1. The van der Waals surface area contributed by atoms with Crippen LogP contribution in [0.3, 0.4) is 0 Å². The number of methoxy groups -OCH3 is 1. The fraction of sp³-hybridized carbons (Fsp3) is 0.538. The van der Waals surface area contributed by atoms with E-state index in [9.17, 15) is 0 Å². The Morgan fingerprint density at radius 3 is 3.06 bits per heavy atom. The van der Waals surface area contributed by atoms with Crippen molar-refractivity contribution < 1.29 is 14.2 Å². The Morgan fingerprint density at radius 2 is 2.35 bits per heavy atom. The number of rotatable bonds is 1. The second kappa shape index (κ2) is 3.89. The second-order valence-electron chi connectivity index (χ2n) is 4.80. The maximum Gasteiger partial charge on any atom is 0.136 e. The van der Waals surface area contributed by atoms with Gasteiger partial charge in [0.25, 0.3) is 0 Å². The summed E-state index contributed by atoms with van der Waals surface area (Å²) < 4.78 is 16.7. The van der Waals surface area contributed by atoms with Gasteiger partial charge in [-0.05, 0) is 18.2 Å². The van der Waals surface area contributed by atoms with E-state index in [1.807, 2.05) is 18.2 Å². The zero-order chi connectivity index (χ0) is 11.9. The maximum atomic E-state index is 6.23. The molecule has 1 saturated heterocycles. The second-order valence-corrected chi connectivity index (χ2v) is 4.80. The van der Waals surface area contributed by atoms with Crippen molar-refractivity contribution >= 4 is 0 Å². The van der Waals surface area contributed by atoms with E-state index in [1.54, 1.807) is 7.11 Å². The molecule has 1 unspecified atom stereocenters. The normalized spacial score (nSPS) is 31.1. The van der Waals surface area contributed by atoms with Crippen LogP contribution in [-0.2, 0) is 4.74 Å². The van der Waals surface area contributed by atoms with E-state index >= 15 is 0 Å². The molecule has 0 radical (unpaired) electrons. The highest BCUT2D eigenvalue weighted by Gasteiger charge is 2.43. The number of ether oxygens (including phenoxy) is 3. The zero-order valence-corrected chi connectivity index (χ0v) is 9.94. The van der Waals surface area contributed by atoms with Gasteiger partial charge in [0, 0.05) is 24.4 Å². The van der Waals surface area contributed by atoms with Gasteiger partial charge < -0.3 is 19.9 Å². The number of hydrogen-bond donors (Lipinski definition) is 1. The van der Waals surface area contributed by atoms with E-state index in [4.69, 9.17) is 19.9 Å². The smallest absolute Gasteiger partial charge is 0.136 e.